The van der Waals surface area contributed by atoms with Crippen LogP contribution < -0.4 is 11.1 Å². The summed E-state index contributed by atoms with van der Waals surface area (Å²) in [5.74, 6) is 0. The van der Waals surface area contributed by atoms with Crippen molar-refractivity contribution in [3.05, 3.63) is 53.3 Å². The minimum atomic E-state index is 0.737. The Morgan fingerprint density at radius 1 is 1.18 bits per heavy atom. The van der Waals surface area contributed by atoms with Crippen molar-refractivity contribution in [1.82, 2.24) is 4.98 Å². The van der Waals surface area contributed by atoms with Gasteiger partial charge in [-0.15, -0.1) is 0 Å². The number of anilines is 2. The normalized spacial score (nSPS) is 10.2. The van der Waals surface area contributed by atoms with Crippen molar-refractivity contribution in [3.8, 4) is 0 Å². The van der Waals surface area contributed by atoms with E-state index in [0.717, 1.165) is 29.2 Å². The molecule has 0 aliphatic heterocycles. The van der Waals surface area contributed by atoms with Gasteiger partial charge in [-0.2, -0.15) is 0 Å². The molecule has 0 spiro atoms. The van der Waals surface area contributed by atoms with Gasteiger partial charge < -0.3 is 11.1 Å². The van der Waals surface area contributed by atoms with Gasteiger partial charge in [0.1, 0.15) is 0 Å². The van der Waals surface area contributed by atoms with Crippen LogP contribution in [0.2, 0.25) is 0 Å². The molecule has 0 bridgehead atoms. The average molecular weight is 227 g/mol. The van der Waals surface area contributed by atoms with E-state index >= 15 is 0 Å². The van der Waals surface area contributed by atoms with Gasteiger partial charge in [0, 0.05) is 18.4 Å². The third kappa shape index (κ3) is 2.97. The first-order valence-electron chi connectivity index (χ1n) is 5.66. The SMILES string of the molecule is Cc1ccc(N)c(NCc2ccc(C)nc2)c1. The van der Waals surface area contributed by atoms with Gasteiger partial charge in [-0.1, -0.05) is 12.1 Å². The van der Waals surface area contributed by atoms with Gasteiger partial charge in [0.2, 0.25) is 0 Å². The number of hydrogen-bond donors (Lipinski definition) is 2. The highest BCUT2D eigenvalue weighted by Crippen LogP contribution is 2.20. The van der Waals surface area contributed by atoms with E-state index in [9.17, 15) is 0 Å². The summed E-state index contributed by atoms with van der Waals surface area (Å²) in [4.78, 5) is 4.26. The lowest BCUT2D eigenvalue weighted by molar-refractivity contribution is 1.08. The fraction of sp³-hybridized carbons (Fsp3) is 0.214. The zero-order valence-corrected chi connectivity index (χ0v) is 10.2. The lowest BCUT2D eigenvalue weighted by Gasteiger charge is -2.10. The van der Waals surface area contributed by atoms with E-state index in [4.69, 9.17) is 5.73 Å². The highest BCUT2D eigenvalue weighted by molar-refractivity contribution is 5.66. The van der Waals surface area contributed by atoms with Crippen LogP contribution in [0, 0.1) is 13.8 Å². The Labute approximate surface area is 102 Å². The maximum Gasteiger partial charge on any atom is 0.0579 e. The molecular weight excluding hydrogens is 210 g/mol. The molecule has 2 rings (SSSR count). The second-order valence-electron chi connectivity index (χ2n) is 4.25. The van der Waals surface area contributed by atoms with Crippen LogP contribution in [0.25, 0.3) is 0 Å². The Morgan fingerprint density at radius 2 is 2.00 bits per heavy atom. The molecule has 3 N–H and O–H groups in total. The number of aryl methyl sites for hydroxylation is 2. The zero-order chi connectivity index (χ0) is 12.3. The van der Waals surface area contributed by atoms with Crippen LogP contribution in [-0.4, -0.2) is 4.98 Å². The Morgan fingerprint density at radius 3 is 2.71 bits per heavy atom. The molecule has 0 amide bonds. The van der Waals surface area contributed by atoms with Gasteiger partial charge in [-0.05, 0) is 43.2 Å². The number of nitrogens with two attached hydrogens (primary N) is 1. The van der Waals surface area contributed by atoms with Crippen molar-refractivity contribution in [2.24, 2.45) is 0 Å². The summed E-state index contributed by atoms with van der Waals surface area (Å²) in [6.45, 7) is 4.77. The van der Waals surface area contributed by atoms with Gasteiger partial charge in [-0.3, -0.25) is 4.98 Å². The molecule has 1 aromatic heterocycles. The third-order valence-electron chi connectivity index (χ3n) is 2.66. The Kier molecular flexibility index (Phi) is 3.28. The van der Waals surface area contributed by atoms with E-state index in [2.05, 4.69) is 29.4 Å². The predicted octanol–water partition coefficient (Wildman–Crippen LogP) is 2.89. The molecule has 0 aliphatic carbocycles. The quantitative estimate of drug-likeness (QED) is 0.793. The summed E-state index contributed by atoms with van der Waals surface area (Å²) < 4.78 is 0. The van der Waals surface area contributed by atoms with Crippen molar-refractivity contribution in [3.63, 3.8) is 0 Å². The number of aromatic nitrogens is 1. The molecule has 0 radical (unpaired) electrons. The third-order valence-corrected chi connectivity index (χ3v) is 2.66. The van der Waals surface area contributed by atoms with Crippen molar-refractivity contribution < 1.29 is 0 Å². The van der Waals surface area contributed by atoms with Gasteiger partial charge in [0.15, 0.2) is 0 Å². The van der Waals surface area contributed by atoms with Crippen LogP contribution in [0.4, 0.5) is 11.4 Å². The van der Waals surface area contributed by atoms with E-state index in [1.165, 1.54) is 5.56 Å². The largest absolute Gasteiger partial charge is 0.397 e. The summed E-state index contributed by atoms with van der Waals surface area (Å²) in [6, 6.07) is 10.1. The van der Waals surface area contributed by atoms with E-state index in [-0.39, 0.29) is 0 Å². The number of hydrogen-bond acceptors (Lipinski definition) is 3. The minimum Gasteiger partial charge on any atom is -0.397 e. The molecule has 0 saturated carbocycles. The zero-order valence-electron chi connectivity index (χ0n) is 10.2. The molecule has 3 nitrogen and oxygen atoms in total. The topological polar surface area (TPSA) is 50.9 Å². The van der Waals surface area contributed by atoms with Gasteiger partial charge in [-0.25, -0.2) is 0 Å². The van der Waals surface area contributed by atoms with Crippen LogP contribution in [0.5, 0.6) is 0 Å². The molecule has 88 valence electrons. The van der Waals surface area contributed by atoms with E-state index < -0.39 is 0 Å². The Balaban J connectivity index is 2.07. The monoisotopic (exact) mass is 227 g/mol. The van der Waals surface area contributed by atoms with Crippen LogP contribution in [-0.2, 0) is 6.54 Å². The lowest BCUT2D eigenvalue weighted by atomic mass is 10.2. The van der Waals surface area contributed by atoms with Crippen molar-refractivity contribution >= 4 is 11.4 Å². The minimum absolute atomic E-state index is 0.737. The fourth-order valence-corrected chi connectivity index (χ4v) is 1.62. The number of nitrogens with zero attached hydrogens (tertiary/aromatic N) is 1. The second kappa shape index (κ2) is 4.87. The van der Waals surface area contributed by atoms with Crippen molar-refractivity contribution in [2.75, 3.05) is 11.1 Å². The Hall–Kier alpha value is -2.03. The average Bonchev–Trinajstić information content (AvgIpc) is 2.32. The molecule has 0 fully saturated rings. The number of rotatable bonds is 3. The van der Waals surface area contributed by atoms with Crippen molar-refractivity contribution in [2.45, 2.75) is 20.4 Å². The first-order valence-corrected chi connectivity index (χ1v) is 5.66. The van der Waals surface area contributed by atoms with Gasteiger partial charge in [0.25, 0.3) is 0 Å². The van der Waals surface area contributed by atoms with Gasteiger partial charge in [0.05, 0.1) is 11.4 Å². The second-order valence-corrected chi connectivity index (χ2v) is 4.25. The molecule has 0 atom stereocenters. The standard InChI is InChI=1S/C14H17N3/c1-10-3-6-13(15)14(7-10)17-9-12-5-4-11(2)16-8-12/h3-8,17H,9,15H2,1-2H3. The molecule has 17 heavy (non-hydrogen) atoms. The first-order chi connectivity index (χ1) is 8.15. The van der Waals surface area contributed by atoms with Crippen molar-refractivity contribution in [1.29, 1.82) is 0 Å². The van der Waals surface area contributed by atoms with E-state index in [1.807, 2.05) is 31.3 Å². The summed E-state index contributed by atoms with van der Waals surface area (Å²) in [6.07, 6.45) is 1.88. The highest BCUT2D eigenvalue weighted by Gasteiger charge is 1.99. The molecule has 1 aromatic carbocycles. The number of nitrogen functional groups attached to an aromatic ring is 1. The maximum atomic E-state index is 5.90. The highest BCUT2D eigenvalue weighted by atomic mass is 14.9. The fourth-order valence-electron chi connectivity index (χ4n) is 1.62. The van der Waals surface area contributed by atoms with Crippen LogP contribution in [0.15, 0.2) is 36.5 Å². The molecular formula is C14H17N3. The maximum absolute atomic E-state index is 5.90. The summed E-state index contributed by atoms with van der Waals surface area (Å²) >= 11 is 0. The molecule has 0 saturated heterocycles. The summed E-state index contributed by atoms with van der Waals surface area (Å²) in [5.41, 5.74) is 11.0. The van der Waals surface area contributed by atoms with Gasteiger partial charge >= 0.3 is 0 Å². The predicted molar refractivity (Wildman–Crippen MR) is 71.9 cm³/mol. The molecule has 2 aromatic rings. The molecule has 3 heteroatoms. The summed E-state index contributed by atoms with van der Waals surface area (Å²) in [7, 11) is 0. The van der Waals surface area contributed by atoms with Crippen LogP contribution in [0.1, 0.15) is 16.8 Å². The molecule has 1 heterocycles. The Bertz CT molecular complexity index is 503. The van der Waals surface area contributed by atoms with Crippen LogP contribution in [0.3, 0.4) is 0 Å². The van der Waals surface area contributed by atoms with E-state index in [1.54, 1.807) is 0 Å². The number of nitrogens with one attached hydrogen (secondary N) is 1. The first kappa shape index (κ1) is 11.5. The molecule has 0 unspecified atom stereocenters. The summed E-state index contributed by atoms with van der Waals surface area (Å²) in [5, 5.41) is 3.32. The lowest BCUT2D eigenvalue weighted by Crippen LogP contribution is -2.03. The smallest absolute Gasteiger partial charge is 0.0579 e. The number of pyridine rings is 1. The van der Waals surface area contributed by atoms with E-state index in [0.29, 0.717) is 0 Å². The number of benzene rings is 1. The van der Waals surface area contributed by atoms with Crippen LogP contribution >= 0.6 is 0 Å². The molecule has 0 aliphatic rings.